The van der Waals surface area contributed by atoms with Crippen LogP contribution in [0.15, 0.2) is 132 Å². The van der Waals surface area contributed by atoms with Crippen LogP contribution in [0.5, 0.6) is 0 Å². The van der Waals surface area contributed by atoms with Crippen LogP contribution in [0, 0.1) is 5.92 Å². The Kier molecular flexibility index (Phi) is 28.2. The van der Waals surface area contributed by atoms with Crippen LogP contribution in [0.4, 0.5) is 17.1 Å². The van der Waals surface area contributed by atoms with E-state index in [-0.39, 0.29) is 78.6 Å². The van der Waals surface area contributed by atoms with Gasteiger partial charge >= 0.3 is 5.97 Å². The number of unbranched alkanes of at least 4 members (excludes halogenated alkanes) is 4. The molecule has 0 radical (unpaired) electrons. The molecule has 8 rings (SSSR count). The summed E-state index contributed by atoms with van der Waals surface area (Å²) in [6.45, 7) is 14.8. The molecule has 540 valence electrons. The number of ether oxygens (including phenoxy) is 3. The summed E-state index contributed by atoms with van der Waals surface area (Å²) in [5, 5.41) is 26.7. The van der Waals surface area contributed by atoms with E-state index in [1.165, 1.54) is 17.7 Å². The molecule has 8 N–H and O–H groups in total. The highest BCUT2D eigenvalue weighted by molar-refractivity contribution is 7.86. The largest absolute Gasteiger partial charge is 0.480 e. The molecule has 0 saturated heterocycles. The maximum Gasteiger partial charge on any atom is 0.320 e. The molecule has 0 aliphatic carbocycles. The summed E-state index contributed by atoms with van der Waals surface area (Å²) in [6, 6.07) is 27.3. The van der Waals surface area contributed by atoms with Gasteiger partial charge in [0.05, 0.1) is 80.2 Å². The molecule has 1 aromatic heterocycles. The zero-order chi connectivity index (χ0) is 72.0. The van der Waals surface area contributed by atoms with E-state index in [2.05, 4.69) is 62.9 Å². The van der Waals surface area contributed by atoms with Crippen molar-refractivity contribution in [3.63, 3.8) is 0 Å². The van der Waals surface area contributed by atoms with Gasteiger partial charge in [-0.25, -0.2) is 4.68 Å². The van der Waals surface area contributed by atoms with Crippen LogP contribution in [0.25, 0.3) is 22.5 Å². The van der Waals surface area contributed by atoms with Crippen molar-refractivity contribution in [1.82, 2.24) is 30.9 Å². The van der Waals surface area contributed by atoms with Crippen LogP contribution in [-0.4, -0.2) is 170 Å². The van der Waals surface area contributed by atoms with Crippen molar-refractivity contribution in [1.29, 1.82) is 0 Å². The van der Waals surface area contributed by atoms with Gasteiger partial charge in [-0.2, -0.15) is 21.4 Å². The van der Waals surface area contributed by atoms with Gasteiger partial charge in [0, 0.05) is 103 Å². The van der Waals surface area contributed by atoms with E-state index in [0.717, 1.165) is 71.7 Å². The second-order valence-corrected chi connectivity index (χ2v) is 29.3. The molecule has 2 atom stereocenters. The number of nitrogens with one attached hydrogen (secondary N) is 3. The third kappa shape index (κ3) is 21.2. The number of carboxylic acid groups (broad SMARTS) is 1. The number of rotatable bonds is 40. The van der Waals surface area contributed by atoms with Crippen LogP contribution in [0.3, 0.4) is 0 Å². The number of carbonyl (C=O) groups is 5. The summed E-state index contributed by atoms with van der Waals surface area (Å²) in [5.74, 6) is -2.36. The van der Waals surface area contributed by atoms with E-state index < -0.39 is 43.4 Å². The Hall–Kier alpha value is -8.28. The minimum atomic E-state index is -4.48. The first-order valence-electron chi connectivity index (χ1n) is 34.4. The van der Waals surface area contributed by atoms with Crippen molar-refractivity contribution in [2.75, 3.05) is 87.9 Å². The second kappa shape index (κ2) is 36.4. The Morgan fingerprint density at radius 2 is 1.35 bits per heavy atom. The Bertz CT molecular complexity index is 4050. The summed E-state index contributed by atoms with van der Waals surface area (Å²) in [7, 11) is -8.70. The number of carbonyl (C=O) groups excluding carboxylic acids is 4. The van der Waals surface area contributed by atoms with E-state index in [0.29, 0.717) is 114 Å². The molecule has 25 nitrogen and oxygen atoms in total. The van der Waals surface area contributed by atoms with Crippen LogP contribution in [0.1, 0.15) is 128 Å². The maximum atomic E-state index is 14.4. The van der Waals surface area contributed by atoms with Crippen molar-refractivity contribution in [3.8, 4) is 22.5 Å². The Morgan fingerprint density at radius 1 is 0.670 bits per heavy atom. The molecule has 0 fully saturated rings. The zero-order valence-electron chi connectivity index (χ0n) is 57.9. The number of amides is 4. The van der Waals surface area contributed by atoms with E-state index in [4.69, 9.17) is 25.1 Å². The second-order valence-electron chi connectivity index (χ2n) is 26.3. The van der Waals surface area contributed by atoms with Gasteiger partial charge in [0.15, 0.2) is 5.71 Å². The number of allylic oxidation sites excluding steroid dienone is 6. The van der Waals surface area contributed by atoms with Crippen molar-refractivity contribution >= 4 is 72.6 Å². The summed E-state index contributed by atoms with van der Waals surface area (Å²) in [5.41, 5.74) is 14.7. The lowest BCUT2D eigenvalue weighted by atomic mass is 9.81. The van der Waals surface area contributed by atoms with Gasteiger partial charge in [-0.1, -0.05) is 118 Å². The molecule has 4 amide bonds. The molecular formula is C73H97N10O15S2+. The van der Waals surface area contributed by atoms with Crippen LogP contribution in [0.2, 0.25) is 0 Å². The lowest BCUT2D eigenvalue weighted by Gasteiger charge is -2.29. The molecule has 3 aliphatic heterocycles. The highest BCUT2D eigenvalue weighted by atomic mass is 32.2. The predicted molar refractivity (Wildman–Crippen MR) is 382 cm³/mol. The van der Waals surface area contributed by atoms with E-state index >= 15 is 0 Å². The Balaban J connectivity index is 0.757. The highest BCUT2D eigenvalue weighted by Crippen LogP contribution is 2.49. The van der Waals surface area contributed by atoms with Crippen molar-refractivity contribution < 1.29 is 73.8 Å². The summed E-state index contributed by atoms with van der Waals surface area (Å²) >= 11 is 0. The number of nitrogens with two attached hydrogens (primary N) is 1. The number of hydrogen-bond acceptors (Lipinski definition) is 16. The minimum Gasteiger partial charge on any atom is -0.480 e. The summed E-state index contributed by atoms with van der Waals surface area (Å²) < 4.78 is 88.3. The topological polar surface area (TPSA) is 344 Å². The van der Waals surface area contributed by atoms with Gasteiger partial charge in [-0.15, -0.1) is 5.10 Å². The number of nitrogens with zero attached hydrogens (tertiary/aromatic N) is 6. The van der Waals surface area contributed by atoms with Crippen LogP contribution >= 0.6 is 0 Å². The molecule has 27 heteroatoms. The average molecular weight is 1420 g/mol. The van der Waals surface area contributed by atoms with Gasteiger partial charge in [0.1, 0.15) is 18.3 Å². The van der Waals surface area contributed by atoms with Crippen molar-refractivity contribution in [3.05, 3.63) is 144 Å². The number of anilines is 2. The number of benzene rings is 4. The Labute approximate surface area is 586 Å². The predicted octanol–water partition coefficient (Wildman–Crippen LogP) is 8.59. The molecule has 3 aliphatic rings. The molecule has 0 bridgehead atoms. The monoisotopic (exact) mass is 1420 g/mol. The summed E-state index contributed by atoms with van der Waals surface area (Å²) in [4.78, 5) is 66.3. The first-order chi connectivity index (χ1) is 47.8. The van der Waals surface area contributed by atoms with Gasteiger partial charge in [-0.3, -0.25) is 33.1 Å². The number of fused-ring (bicyclic) bond motifs is 7. The fourth-order valence-electron chi connectivity index (χ4n) is 12.9. The van der Waals surface area contributed by atoms with Gasteiger partial charge in [0.2, 0.25) is 29.3 Å². The third-order valence-corrected chi connectivity index (χ3v) is 20.0. The fourth-order valence-corrected chi connectivity index (χ4v) is 13.9. The quantitative estimate of drug-likeness (QED) is 0.00835. The van der Waals surface area contributed by atoms with Crippen LogP contribution in [-0.2, 0) is 82.3 Å². The number of aromatic nitrogens is 3. The molecule has 4 aromatic carbocycles. The molecule has 0 spiro atoms. The highest BCUT2D eigenvalue weighted by Gasteiger charge is 2.44. The first kappa shape index (κ1) is 77.5. The molecule has 0 saturated carbocycles. The minimum absolute atomic E-state index is 0.0470. The van der Waals surface area contributed by atoms with Gasteiger partial charge in [0.25, 0.3) is 20.2 Å². The summed E-state index contributed by atoms with van der Waals surface area (Å²) in [6.07, 6.45) is 15.9. The van der Waals surface area contributed by atoms with Gasteiger partial charge < -0.3 is 50.8 Å². The number of carboxylic acids is 1. The lowest BCUT2D eigenvalue weighted by Crippen LogP contribution is -2.35. The standard InChI is InChI=1S/C73H96N10O15S2/c1-52(22-18-19-37-75-66(85)35-33-59(74)71(88)89)70(87)77-39-43-96-45-47-98-48-46-97-44-42-83-69-56-25-14-16-27-60(56)82(51-53-23-12-13-24-55(53)68(69)78-79-83)67(86)36-38-76-65(84)31-11-6-7-20-40-80-61-28-17-15-26-57(61)72(2,3)63(80)29-9-8-10-30-64-73(4,5)58-50-54(100(93,94)95)32-34-62(58)81(64)41-21-49-99(90,91)92/h8-10,12-17,23-30,32,34,50,52,59H,6-7,11,18-22,31,33,35-49,51,74H2,1-5H3,(H5-,75,76,77,84,85,87,88,89,90,91,92,93,94,95)/p+1/t52?,59-/m0/s1. The Morgan fingerprint density at radius 3 is 2.10 bits per heavy atom. The molecule has 5 aromatic rings. The number of para-hydroxylation sites is 2. The number of aliphatic carboxylic acids is 1. The molecule has 100 heavy (non-hydrogen) atoms. The van der Waals surface area contributed by atoms with Gasteiger partial charge in [-0.05, 0) is 93.8 Å². The first-order valence-corrected chi connectivity index (χ1v) is 37.4. The SMILES string of the molecule is CC(CCCCNC(=O)CC[C@H](N)C(=O)O)C(=O)NCCOCCOCCOCCn1nnc2c1-c1ccccc1N(C(=O)CCNC(=O)CCCCCC[N+]1=C(/C=C/C=C/C=C3\N(CCCS(=O)(=O)O)c4ccc(S(=O)(=O)O)cc4C3(C)C)C(C)(C)c3ccccc31)Cc1ccccc1-2. The van der Waals surface area contributed by atoms with E-state index in [1.54, 1.807) is 15.6 Å². The number of hydrogen-bond donors (Lipinski definition) is 7. The van der Waals surface area contributed by atoms with Crippen molar-refractivity contribution in [2.24, 2.45) is 11.7 Å². The average Bonchev–Trinajstić information content (AvgIpc) is 1.58. The maximum absolute atomic E-state index is 14.4. The normalized spacial score (nSPS) is 15.6. The fraction of sp³-hybridized carbons (Fsp3) is 0.479. The van der Waals surface area contributed by atoms with E-state index in [9.17, 15) is 49.9 Å². The molecular weight excluding hydrogens is 1320 g/mol. The zero-order valence-corrected chi connectivity index (χ0v) is 59.5. The van der Waals surface area contributed by atoms with E-state index in [1.807, 2.05) is 111 Å². The lowest BCUT2D eigenvalue weighted by molar-refractivity contribution is -0.438. The molecule has 1 unspecified atom stereocenters. The van der Waals surface area contributed by atoms with Crippen molar-refractivity contribution in [2.45, 2.75) is 147 Å². The molecule has 4 heterocycles. The van der Waals surface area contributed by atoms with Crippen LogP contribution < -0.4 is 31.5 Å². The smallest absolute Gasteiger partial charge is 0.320 e. The third-order valence-electron chi connectivity index (χ3n) is 18.3.